The Morgan fingerprint density at radius 1 is 1.28 bits per heavy atom. The van der Waals surface area contributed by atoms with Crippen molar-refractivity contribution in [2.75, 3.05) is 0 Å². The summed E-state index contributed by atoms with van der Waals surface area (Å²) in [5, 5.41) is 0. The number of carbonyl (C=O) groups is 1. The van der Waals surface area contributed by atoms with Gasteiger partial charge in [-0.2, -0.15) is 0 Å². The Morgan fingerprint density at radius 3 is 2.33 bits per heavy atom. The fraction of sp³-hybridized carbons (Fsp3) is 0.812. The van der Waals surface area contributed by atoms with Gasteiger partial charge in [0.1, 0.15) is 5.78 Å². The molecule has 104 valence electrons. The summed E-state index contributed by atoms with van der Waals surface area (Å²) in [7, 11) is -1.23. The number of hydrogen-bond donors (Lipinski definition) is 0. The van der Waals surface area contributed by atoms with Gasteiger partial charge in [-0.3, -0.25) is 4.79 Å². The van der Waals surface area contributed by atoms with Crippen molar-refractivity contribution in [2.45, 2.75) is 72.0 Å². The summed E-state index contributed by atoms with van der Waals surface area (Å²) in [6, 6.07) is 3.91. The van der Waals surface area contributed by atoms with Crippen molar-refractivity contribution in [1.82, 2.24) is 0 Å². The van der Waals surface area contributed by atoms with Crippen molar-refractivity contribution < 1.29 is 4.79 Å². The average molecular weight is 267 g/mol. The van der Waals surface area contributed by atoms with Gasteiger partial charge in [-0.25, -0.2) is 0 Å². The summed E-state index contributed by atoms with van der Waals surface area (Å²) in [4.78, 5) is 12.4. The summed E-state index contributed by atoms with van der Waals surface area (Å²) in [5.74, 6) is 0.727. The van der Waals surface area contributed by atoms with E-state index in [-0.39, 0.29) is 11.3 Å². The lowest BCUT2D eigenvalue weighted by molar-refractivity contribution is -0.131. The van der Waals surface area contributed by atoms with Crippen molar-refractivity contribution in [2.24, 2.45) is 11.3 Å². The number of allylic oxidation sites excluding steroid dienone is 1. The van der Waals surface area contributed by atoms with Gasteiger partial charge in [0.2, 0.25) is 0 Å². The largest absolute Gasteiger partial charge is 0.298 e. The summed E-state index contributed by atoms with van der Waals surface area (Å²) in [6.07, 6.45) is 5.63. The lowest BCUT2D eigenvalue weighted by Crippen LogP contribution is -2.36. The highest BCUT2D eigenvalue weighted by Crippen LogP contribution is 2.38. The van der Waals surface area contributed by atoms with Gasteiger partial charge >= 0.3 is 0 Å². The van der Waals surface area contributed by atoms with Gasteiger partial charge in [0.05, 0.1) is 8.07 Å². The third-order valence-electron chi connectivity index (χ3n) is 5.26. The van der Waals surface area contributed by atoms with Gasteiger partial charge in [0.15, 0.2) is 0 Å². The maximum absolute atomic E-state index is 12.4. The molecular weight excluding hydrogens is 236 g/mol. The second kappa shape index (κ2) is 6.18. The van der Waals surface area contributed by atoms with E-state index >= 15 is 0 Å². The zero-order valence-corrected chi connectivity index (χ0v) is 13.9. The van der Waals surface area contributed by atoms with Crippen LogP contribution in [-0.2, 0) is 4.79 Å². The Bertz CT molecular complexity index is 309. The van der Waals surface area contributed by atoms with Crippen molar-refractivity contribution in [3.05, 3.63) is 11.8 Å². The smallest absolute Gasteiger partial charge is 0.145 e. The number of Topliss-reactive ketones (excluding diaryl/α,β-unsaturated/α-hetero) is 1. The maximum Gasteiger partial charge on any atom is 0.145 e. The topological polar surface area (TPSA) is 17.1 Å². The number of carbonyl (C=O) groups excluding carboxylic acids is 1. The molecule has 0 amide bonds. The van der Waals surface area contributed by atoms with Crippen LogP contribution in [0, 0.1) is 11.3 Å². The Kier molecular flexibility index (Phi) is 5.39. The summed E-state index contributed by atoms with van der Waals surface area (Å²) in [6.45, 7) is 11.2. The minimum Gasteiger partial charge on any atom is -0.298 e. The van der Waals surface area contributed by atoms with Crippen molar-refractivity contribution in [3.63, 3.8) is 0 Å². The molecule has 2 atom stereocenters. The summed E-state index contributed by atoms with van der Waals surface area (Å²) < 4.78 is 0. The molecule has 1 nitrogen and oxygen atoms in total. The molecule has 0 saturated heterocycles. The van der Waals surface area contributed by atoms with Crippen LogP contribution in [0.1, 0.15) is 53.9 Å². The third-order valence-corrected chi connectivity index (χ3v) is 10.4. The predicted octanol–water partition coefficient (Wildman–Crippen LogP) is 4.99. The van der Waals surface area contributed by atoms with Gasteiger partial charge in [-0.05, 0) is 19.8 Å². The van der Waals surface area contributed by atoms with E-state index in [1.807, 2.05) is 0 Å². The highest BCUT2D eigenvalue weighted by atomic mass is 28.3. The molecule has 0 aromatic rings. The Morgan fingerprint density at radius 2 is 1.83 bits per heavy atom. The first kappa shape index (κ1) is 15.7. The molecule has 18 heavy (non-hydrogen) atoms. The van der Waals surface area contributed by atoms with Crippen LogP contribution in [0.3, 0.4) is 0 Å². The first-order valence-corrected chi connectivity index (χ1v) is 10.4. The zero-order chi connectivity index (χ0) is 13.8. The molecule has 0 aliphatic heterocycles. The van der Waals surface area contributed by atoms with Crippen LogP contribution in [0.4, 0.5) is 0 Å². The number of ketones is 1. The van der Waals surface area contributed by atoms with Crippen LogP contribution in [0.15, 0.2) is 11.8 Å². The lowest BCUT2D eigenvalue weighted by atomic mass is 9.70. The Balaban J connectivity index is 2.90. The molecule has 2 heteroatoms. The average Bonchev–Trinajstić information content (AvgIpc) is 2.38. The maximum atomic E-state index is 12.4. The van der Waals surface area contributed by atoms with Gasteiger partial charge < -0.3 is 0 Å². The van der Waals surface area contributed by atoms with Gasteiger partial charge in [0.25, 0.3) is 0 Å². The van der Waals surface area contributed by atoms with Crippen LogP contribution < -0.4 is 0 Å². The van der Waals surface area contributed by atoms with E-state index in [4.69, 9.17) is 0 Å². The van der Waals surface area contributed by atoms with E-state index in [1.54, 1.807) is 0 Å². The lowest BCUT2D eigenvalue weighted by Gasteiger charge is -2.34. The van der Waals surface area contributed by atoms with Gasteiger partial charge in [-0.15, -0.1) is 0 Å². The highest BCUT2D eigenvalue weighted by molar-refractivity contribution is 6.84. The van der Waals surface area contributed by atoms with E-state index in [2.05, 4.69) is 46.4 Å². The normalized spacial score (nSPS) is 30.1. The molecule has 0 bridgehead atoms. The van der Waals surface area contributed by atoms with E-state index in [0.717, 1.165) is 12.8 Å². The van der Waals surface area contributed by atoms with Crippen LogP contribution in [-0.4, -0.2) is 13.9 Å². The summed E-state index contributed by atoms with van der Waals surface area (Å²) >= 11 is 0. The number of hydrogen-bond acceptors (Lipinski definition) is 1. The molecule has 1 saturated carbocycles. The molecule has 0 spiro atoms. The molecule has 0 N–H and O–H groups in total. The fourth-order valence-corrected chi connectivity index (χ4v) is 6.15. The van der Waals surface area contributed by atoms with Crippen molar-refractivity contribution in [1.29, 1.82) is 0 Å². The monoisotopic (exact) mass is 266 g/mol. The summed E-state index contributed by atoms with van der Waals surface area (Å²) in [5.41, 5.74) is 2.32. The molecule has 1 aliphatic carbocycles. The predicted molar refractivity (Wildman–Crippen MR) is 82.5 cm³/mol. The second-order valence-electron chi connectivity index (χ2n) is 6.33. The number of rotatable bonds is 5. The first-order valence-electron chi connectivity index (χ1n) is 7.67. The standard InChI is InChI=1S/C16H30OSi/c1-6-18(7-2,8-3)13-12-16(5)11-9-10-14(4)15(16)17/h12-14H,6-11H2,1-5H3/b13-12+/t14-,16-/m1/s1. The van der Waals surface area contributed by atoms with E-state index in [9.17, 15) is 4.79 Å². The fourth-order valence-electron chi connectivity index (χ4n) is 3.22. The van der Waals surface area contributed by atoms with E-state index < -0.39 is 8.07 Å². The van der Waals surface area contributed by atoms with Crippen molar-refractivity contribution in [3.8, 4) is 0 Å². The van der Waals surface area contributed by atoms with Crippen LogP contribution in [0.2, 0.25) is 18.1 Å². The minimum absolute atomic E-state index is 0.171. The molecule has 1 fully saturated rings. The minimum atomic E-state index is -1.23. The van der Waals surface area contributed by atoms with Gasteiger partial charge in [-0.1, -0.05) is 64.0 Å². The Hall–Kier alpha value is -0.373. The molecule has 0 unspecified atom stereocenters. The van der Waals surface area contributed by atoms with Gasteiger partial charge in [0, 0.05) is 11.3 Å². The molecule has 1 rings (SSSR count). The SMILES string of the molecule is CC[Si](/C=C/[C@@]1(C)CCC[C@@H](C)C1=O)(CC)CC. The van der Waals surface area contributed by atoms with Crippen LogP contribution >= 0.6 is 0 Å². The van der Waals surface area contributed by atoms with Crippen molar-refractivity contribution >= 4 is 13.9 Å². The van der Waals surface area contributed by atoms with Crippen LogP contribution in [0.5, 0.6) is 0 Å². The molecule has 1 aliphatic rings. The molecule has 0 aromatic carbocycles. The molecular formula is C16H30OSi. The molecule has 0 heterocycles. The third kappa shape index (κ3) is 3.14. The first-order chi connectivity index (χ1) is 8.43. The Labute approximate surface area is 114 Å². The highest BCUT2D eigenvalue weighted by Gasteiger charge is 2.37. The van der Waals surface area contributed by atoms with Crippen LogP contribution in [0.25, 0.3) is 0 Å². The van der Waals surface area contributed by atoms with E-state index in [1.165, 1.54) is 24.6 Å². The van der Waals surface area contributed by atoms with E-state index in [0.29, 0.717) is 5.78 Å². The molecule has 0 radical (unpaired) electrons. The quantitative estimate of drug-likeness (QED) is 0.641. The zero-order valence-electron chi connectivity index (χ0n) is 12.9. The second-order valence-corrected chi connectivity index (χ2v) is 11.5. The molecule has 0 aromatic heterocycles.